The van der Waals surface area contributed by atoms with Gasteiger partial charge in [0.15, 0.2) is 0 Å². The highest BCUT2D eigenvalue weighted by atomic mass is 16.2. The molecule has 2 unspecified atom stereocenters. The molecule has 1 saturated heterocycles. The van der Waals surface area contributed by atoms with Crippen molar-refractivity contribution in [1.82, 2.24) is 4.90 Å². The van der Waals surface area contributed by atoms with Crippen LogP contribution in [-0.2, 0) is 6.54 Å². The summed E-state index contributed by atoms with van der Waals surface area (Å²) in [6.07, 6.45) is 7.20. The van der Waals surface area contributed by atoms with Crippen molar-refractivity contribution in [2.45, 2.75) is 38.6 Å². The SMILES string of the molecule is OCC#Cc1ccc(CN2CCC3CCCCC3C2)cc1. The number of fused-ring (bicyclic) bond motifs is 1. The zero-order valence-electron chi connectivity index (χ0n) is 12.7. The van der Waals surface area contributed by atoms with Crippen molar-refractivity contribution in [2.24, 2.45) is 11.8 Å². The average Bonchev–Trinajstić information content (AvgIpc) is 2.54. The van der Waals surface area contributed by atoms with E-state index in [-0.39, 0.29) is 6.61 Å². The smallest absolute Gasteiger partial charge is 0.104 e. The molecule has 0 amide bonds. The lowest BCUT2D eigenvalue weighted by Crippen LogP contribution is -2.41. The van der Waals surface area contributed by atoms with Gasteiger partial charge in [0.1, 0.15) is 6.61 Å². The van der Waals surface area contributed by atoms with Gasteiger partial charge in [0.05, 0.1) is 0 Å². The Morgan fingerprint density at radius 2 is 1.81 bits per heavy atom. The number of benzene rings is 1. The minimum Gasteiger partial charge on any atom is -0.384 e. The number of hydrogen-bond donors (Lipinski definition) is 1. The Bertz CT molecular complexity index is 511. The van der Waals surface area contributed by atoms with Crippen molar-refractivity contribution >= 4 is 0 Å². The summed E-state index contributed by atoms with van der Waals surface area (Å²) in [5, 5.41) is 8.71. The largest absolute Gasteiger partial charge is 0.384 e. The summed E-state index contributed by atoms with van der Waals surface area (Å²) in [4.78, 5) is 2.63. The molecule has 3 rings (SSSR count). The van der Waals surface area contributed by atoms with Gasteiger partial charge in [-0.05, 0) is 48.9 Å². The monoisotopic (exact) mass is 283 g/mol. The Labute approximate surface area is 128 Å². The van der Waals surface area contributed by atoms with E-state index in [9.17, 15) is 0 Å². The third kappa shape index (κ3) is 3.87. The molecule has 1 saturated carbocycles. The topological polar surface area (TPSA) is 23.5 Å². The van der Waals surface area contributed by atoms with Crippen molar-refractivity contribution < 1.29 is 5.11 Å². The molecule has 112 valence electrons. The van der Waals surface area contributed by atoms with E-state index < -0.39 is 0 Å². The molecule has 1 heterocycles. The summed E-state index contributed by atoms with van der Waals surface area (Å²) < 4.78 is 0. The van der Waals surface area contributed by atoms with Gasteiger partial charge >= 0.3 is 0 Å². The standard InChI is InChI=1S/C19H25NO/c21-13-3-4-16-7-9-17(10-8-16)14-20-12-11-18-5-1-2-6-19(18)15-20/h7-10,18-19,21H,1-2,5-6,11-15H2. The Morgan fingerprint density at radius 3 is 2.57 bits per heavy atom. The van der Waals surface area contributed by atoms with Crippen LogP contribution in [0.15, 0.2) is 24.3 Å². The molecule has 2 atom stereocenters. The normalized spacial score (nSPS) is 25.8. The molecule has 2 aliphatic rings. The predicted molar refractivity (Wildman–Crippen MR) is 85.7 cm³/mol. The predicted octanol–water partition coefficient (Wildman–Crippen LogP) is 3.04. The molecule has 2 nitrogen and oxygen atoms in total. The number of piperidine rings is 1. The second-order valence-corrected chi connectivity index (χ2v) is 6.49. The maximum Gasteiger partial charge on any atom is 0.104 e. The summed E-state index contributed by atoms with van der Waals surface area (Å²) in [6.45, 7) is 3.54. The van der Waals surface area contributed by atoms with Gasteiger partial charge < -0.3 is 5.11 Å². The van der Waals surface area contributed by atoms with Gasteiger partial charge in [-0.3, -0.25) is 4.90 Å². The molecule has 0 radical (unpaired) electrons. The highest BCUT2D eigenvalue weighted by Crippen LogP contribution is 2.36. The van der Waals surface area contributed by atoms with Crippen LogP contribution in [0, 0.1) is 23.7 Å². The molecular weight excluding hydrogens is 258 g/mol. The maximum absolute atomic E-state index is 8.71. The Kier molecular flexibility index (Phi) is 4.95. The first-order valence-corrected chi connectivity index (χ1v) is 8.26. The Hall–Kier alpha value is -1.30. The van der Waals surface area contributed by atoms with Crippen LogP contribution < -0.4 is 0 Å². The molecule has 0 bridgehead atoms. The van der Waals surface area contributed by atoms with Crippen LogP contribution in [0.1, 0.15) is 43.2 Å². The van der Waals surface area contributed by atoms with Crippen molar-refractivity contribution in [3.05, 3.63) is 35.4 Å². The van der Waals surface area contributed by atoms with Crippen molar-refractivity contribution in [2.75, 3.05) is 19.7 Å². The lowest BCUT2D eigenvalue weighted by atomic mass is 9.75. The van der Waals surface area contributed by atoms with Gasteiger partial charge in [0.2, 0.25) is 0 Å². The van der Waals surface area contributed by atoms with E-state index in [1.54, 1.807) is 0 Å². The molecule has 1 aliphatic heterocycles. The summed E-state index contributed by atoms with van der Waals surface area (Å²) in [7, 11) is 0. The quantitative estimate of drug-likeness (QED) is 0.843. The fourth-order valence-corrected chi connectivity index (χ4v) is 3.91. The second-order valence-electron chi connectivity index (χ2n) is 6.49. The van der Waals surface area contributed by atoms with Gasteiger partial charge in [-0.25, -0.2) is 0 Å². The number of nitrogens with zero attached hydrogens (tertiary/aromatic N) is 1. The molecular formula is C19H25NO. The fraction of sp³-hybridized carbons (Fsp3) is 0.579. The van der Waals surface area contributed by atoms with Crippen LogP contribution in [0.4, 0.5) is 0 Å². The summed E-state index contributed by atoms with van der Waals surface area (Å²) in [5.41, 5.74) is 2.36. The van der Waals surface area contributed by atoms with E-state index in [1.807, 2.05) is 0 Å². The number of aliphatic hydroxyl groups is 1. The van der Waals surface area contributed by atoms with Crippen molar-refractivity contribution in [1.29, 1.82) is 0 Å². The van der Waals surface area contributed by atoms with Crippen LogP contribution in [0.25, 0.3) is 0 Å². The Balaban J connectivity index is 1.56. The zero-order chi connectivity index (χ0) is 14.5. The van der Waals surface area contributed by atoms with Crippen molar-refractivity contribution in [3.8, 4) is 11.8 Å². The molecule has 21 heavy (non-hydrogen) atoms. The van der Waals surface area contributed by atoms with E-state index in [0.717, 1.165) is 23.9 Å². The van der Waals surface area contributed by atoms with E-state index in [0.29, 0.717) is 0 Å². The fourth-order valence-electron chi connectivity index (χ4n) is 3.91. The third-order valence-electron chi connectivity index (χ3n) is 5.05. The molecule has 1 aromatic carbocycles. The van der Waals surface area contributed by atoms with E-state index in [2.05, 4.69) is 41.0 Å². The number of likely N-dealkylation sites (tertiary alicyclic amines) is 1. The van der Waals surface area contributed by atoms with Crippen LogP contribution in [0.2, 0.25) is 0 Å². The van der Waals surface area contributed by atoms with E-state index in [1.165, 1.54) is 50.8 Å². The van der Waals surface area contributed by atoms with Gasteiger partial charge in [-0.2, -0.15) is 0 Å². The van der Waals surface area contributed by atoms with Crippen LogP contribution in [-0.4, -0.2) is 29.7 Å². The van der Waals surface area contributed by atoms with Crippen molar-refractivity contribution in [3.63, 3.8) is 0 Å². The summed E-state index contributed by atoms with van der Waals surface area (Å²) >= 11 is 0. The molecule has 1 aromatic rings. The molecule has 1 aliphatic carbocycles. The minimum atomic E-state index is -0.0713. The molecule has 2 fully saturated rings. The lowest BCUT2D eigenvalue weighted by Gasteiger charge is -2.41. The summed E-state index contributed by atoms with van der Waals surface area (Å²) in [5.74, 6) is 7.59. The molecule has 1 N–H and O–H groups in total. The maximum atomic E-state index is 8.71. The van der Waals surface area contributed by atoms with E-state index >= 15 is 0 Å². The van der Waals surface area contributed by atoms with Crippen LogP contribution >= 0.6 is 0 Å². The first-order valence-electron chi connectivity index (χ1n) is 8.26. The average molecular weight is 283 g/mol. The Morgan fingerprint density at radius 1 is 1.05 bits per heavy atom. The highest BCUT2D eigenvalue weighted by molar-refractivity contribution is 5.36. The number of hydrogen-bond acceptors (Lipinski definition) is 2. The van der Waals surface area contributed by atoms with Gasteiger partial charge in [0, 0.05) is 18.7 Å². The van der Waals surface area contributed by atoms with Gasteiger partial charge in [0.25, 0.3) is 0 Å². The van der Waals surface area contributed by atoms with E-state index in [4.69, 9.17) is 5.11 Å². The summed E-state index contributed by atoms with van der Waals surface area (Å²) in [6, 6.07) is 8.47. The van der Waals surface area contributed by atoms with Gasteiger partial charge in [-0.15, -0.1) is 0 Å². The second kappa shape index (κ2) is 7.11. The first-order chi connectivity index (χ1) is 10.3. The molecule has 2 heteroatoms. The molecule has 0 aromatic heterocycles. The highest BCUT2D eigenvalue weighted by Gasteiger charge is 2.30. The van der Waals surface area contributed by atoms with Crippen LogP contribution in [0.5, 0.6) is 0 Å². The number of rotatable bonds is 2. The minimum absolute atomic E-state index is 0.0713. The van der Waals surface area contributed by atoms with Crippen LogP contribution in [0.3, 0.4) is 0 Å². The molecule has 0 spiro atoms. The first kappa shape index (κ1) is 14.6. The zero-order valence-corrected chi connectivity index (χ0v) is 12.7. The van der Waals surface area contributed by atoms with Gasteiger partial charge in [-0.1, -0.05) is 43.2 Å². The number of aliphatic hydroxyl groups excluding tert-OH is 1. The third-order valence-corrected chi connectivity index (χ3v) is 5.05. The lowest BCUT2D eigenvalue weighted by molar-refractivity contribution is 0.0820.